The van der Waals surface area contributed by atoms with E-state index in [1.807, 2.05) is 29.3 Å². The molecule has 3 rings (SSSR count). The zero-order valence-electron chi connectivity index (χ0n) is 11.4. The van der Waals surface area contributed by atoms with Crippen LogP contribution in [0.1, 0.15) is 10.6 Å². The highest BCUT2D eigenvalue weighted by Gasteiger charge is 2.03. The third kappa shape index (κ3) is 3.17. The Kier molecular flexibility index (Phi) is 4.30. The number of hydrogen-bond donors (Lipinski definition) is 1. The molecule has 0 saturated carbocycles. The lowest BCUT2D eigenvalue weighted by molar-refractivity contribution is 0.646. The molecule has 1 N–H and O–H groups in total. The van der Waals surface area contributed by atoms with Crippen LogP contribution in [0.5, 0.6) is 0 Å². The van der Waals surface area contributed by atoms with Crippen LogP contribution in [0.2, 0.25) is 0 Å². The third-order valence-electron chi connectivity index (χ3n) is 3.24. The summed E-state index contributed by atoms with van der Waals surface area (Å²) in [5.41, 5.74) is 2.61. The number of aryl methyl sites for hydroxylation is 1. The molecule has 0 spiro atoms. The first-order valence-electron chi connectivity index (χ1n) is 6.62. The number of rotatable bonds is 6. The molecule has 3 aromatic heterocycles. The van der Waals surface area contributed by atoms with Gasteiger partial charge in [-0.25, -0.2) is 0 Å². The predicted octanol–water partition coefficient (Wildman–Crippen LogP) is 3.54. The van der Waals surface area contributed by atoms with Crippen LogP contribution in [0.25, 0.3) is 10.4 Å². The maximum atomic E-state index is 4.18. The SMILES string of the molecule is Cn1nccc1CCNCc1cc(-c2cccs2)cs1. The Morgan fingerprint density at radius 2 is 2.25 bits per heavy atom. The van der Waals surface area contributed by atoms with Gasteiger partial charge in [0.2, 0.25) is 0 Å². The summed E-state index contributed by atoms with van der Waals surface area (Å²) in [6.07, 6.45) is 2.86. The molecular weight excluding hydrogens is 286 g/mol. The van der Waals surface area contributed by atoms with Gasteiger partial charge in [-0.2, -0.15) is 5.10 Å². The van der Waals surface area contributed by atoms with E-state index >= 15 is 0 Å². The summed E-state index contributed by atoms with van der Waals surface area (Å²) in [7, 11) is 1.99. The van der Waals surface area contributed by atoms with Gasteiger partial charge >= 0.3 is 0 Å². The smallest absolute Gasteiger partial charge is 0.0492 e. The average Bonchev–Trinajstić information content (AvgIpc) is 3.17. The number of nitrogens with one attached hydrogen (secondary N) is 1. The van der Waals surface area contributed by atoms with Crippen LogP contribution in [0.3, 0.4) is 0 Å². The molecule has 0 aromatic carbocycles. The van der Waals surface area contributed by atoms with Gasteiger partial charge in [0.05, 0.1) is 0 Å². The van der Waals surface area contributed by atoms with Gasteiger partial charge in [-0.05, 0) is 29.0 Å². The zero-order valence-corrected chi connectivity index (χ0v) is 13.0. The van der Waals surface area contributed by atoms with E-state index in [1.165, 1.54) is 21.0 Å². The van der Waals surface area contributed by atoms with Gasteiger partial charge in [0.15, 0.2) is 0 Å². The van der Waals surface area contributed by atoms with Crippen LogP contribution in [-0.4, -0.2) is 16.3 Å². The summed E-state index contributed by atoms with van der Waals surface area (Å²) in [4.78, 5) is 2.74. The fourth-order valence-electron chi connectivity index (χ4n) is 2.12. The molecule has 0 radical (unpaired) electrons. The monoisotopic (exact) mass is 303 g/mol. The van der Waals surface area contributed by atoms with E-state index in [9.17, 15) is 0 Å². The van der Waals surface area contributed by atoms with Crippen molar-refractivity contribution in [2.75, 3.05) is 6.54 Å². The molecule has 0 atom stereocenters. The normalized spacial score (nSPS) is 11.1. The molecule has 3 aromatic rings. The third-order valence-corrected chi connectivity index (χ3v) is 5.09. The highest BCUT2D eigenvalue weighted by molar-refractivity contribution is 7.14. The first-order chi connectivity index (χ1) is 9.83. The lowest BCUT2D eigenvalue weighted by Gasteiger charge is -2.03. The second kappa shape index (κ2) is 6.35. The molecule has 0 aliphatic heterocycles. The van der Waals surface area contributed by atoms with Crippen LogP contribution in [0.15, 0.2) is 41.2 Å². The predicted molar refractivity (Wildman–Crippen MR) is 86.3 cm³/mol. The molecule has 0 saturated heterocycles. The first kappa shape index (κ1) is 13.5. The highest BCUT2D eigenvalue weighted by atomic mass is 32.1. The minimum Gasteiger partial charge on any atom is -0.311 e. The van der Waals surface area contributed by atoms with Crippen molar-refractivity contribution >= 4 is 22.7 Å². The number of aromatic nitrogens is 2. The fourth-order valence-corrected chi connectivity index (χ4v) is 3.76. The van der Waals surface area contributed by atoms with Crippen molar-refractivity contribution in [1.82, 2.24) is 15.1 Å². The second-order valence-corrected chi connectivity index (χ2v) is 6.60. The van der Waals surface area contributed by atoms with Crippen LogP contribution < -0.4 is 5.32 Å². The summed E-state index contributed by atoms with van der Waals surface area (Å²) < 4.78 is 1.93. The molecule has 0 aliphatic rings. The maximum Gasteiger partial charge on any atom is 0.0492 e. The zero-order chi connectivity index (χ0) is 13.8. The van der Waals surface area contributed by atoms with Gasteiger partial charge in [-0.1, -0.05) is 6.07 Å². The molecule has 20 heavy (non-hydrogen) atoms. The van der Waals surface area contributed by atoms with E-state index in [0.717, 1.165) is 19.5 Å². The Balaban J connectivity index is 1.48. The summed E-state index contributed by atoms with van der Waals surface area (Å²) in [6, 6.07) is 8.63. The van der Waals surface area contributed by atoms with Crippen LogP contribution in [0, 0.1) is 0 Å². The molecule has 0 fully saturated rings. The van der Waals surface area contributed by atoms with Crippen molar-refractivity contribution in [3.05, 3.63) is 51.8 Å². The van der Waals surface area contributed by atoms with Crippen LogP contribution in [0.4, 0.5) is 0 Å². The van der Waals surface area contributed by atoms with Crippen molar-refractivity contribution < 1.29 is 0 Å². The lowest BCUT2D eigenvalue weighted by Crippen LogP contribution is -2.17. The standard InChI is InChI=1S/C15H17N3S2/c1-18-13(5-7-17-18)4-6-16-10-14-9-12(11-20-14)15-3-2-8-19-15/h2-3,5,7-9,11,16H,4,6,10H2,1H3. The van der Waals surface area contributed by atoms with Gasteiger partial charge < -0.3 is 5.32 Å². The van der Waals surface area contributed by atoms with E-state index in [0.29, 0.717) is 0 Å². The Morgan fingerprint density at radius 3 is 3.00 bits per heavy atom. The lowest BCUT2D eigenvalue weighted by atomic mass is 10.2. The van der Waals surface area contributed by atoms with Gasteiger partial charge in [0, 0.05) is 53.8 Å². The van der Waals surface area contributed by atoms with Crippen molar-refractivity contribution in [3.8, 4) is 10.4 Å². The van der Waals surface area contributed by atoms with E-state index in [2.05, 4.69) is 45.4 Å². The summed E-state index contributed by atoms with van der Waals surface area (Å²) in [5, 5.41) is 12.0. The van der Waals surface area contributed by atoms with Gasteiger partial charge in [-0.15, -0.1) is 22.7 Å². The minimum absolute atomic E-state index is 0.938. The highest BCUT2D eigenvalue weighted by Crippen LogP contribution is 2.29. The Morgan fingerprint density at radius 1 is 1.30 bits per heavy atom. The Bertz CT molecular complexity index is 652. The Hall–Kier alpha value is -1.43. The molecule has 3 heterocycles. The quantitative estimate of drug-likeness (QED) is 0.706. The van der Waals surface area contributed by atoms with Gasteiger partial charge in [-0.3, -0.25) is 4.68 Å². The van der Waals surface area contributed by atoms with Crippen molar-refractivity contribution in [2.24, 2.45) is 7.05 Å². The van der Waals surface area contributed by atoms with Crippen molar-refractivity contribution in [1.29, 1.82) is 0 Å². The summed E-state index contributed by atoms with van der Waals surface area (Å²) >= 11 is 3.62. The van der Waals surface area contributed by atoms with E-state index in [-0.39, 0.29) is 0 Å². The van der Waals surface area contributed by atoms with E-state index < -0.39 is 0 Å². The molecule has 0 unspecified atom stereocenters. The molecule has 3 nitrogen and oxygen atoms in total. The molecule has 5 heteroatoms. The molecule has 104 valence electrons. The average molecular weight is 303 g/mol. The Labute approximate surface area is 126 Å². The van der Waals surface area contributed by atoms with Crippen molar-refractivity contribution in [2.45, 2.75) is 13.0 Å². The molecular formula is C15H17N3S2. The number of thiophene rings is 2. The number of hydrogen-bond acceptors (Lipinski definition) is 4. The number of nitrogens with zero attached hydrogens (tertiary/aromatic N) is 2. The summed E-state index contributed by atoms with van der Waals surface area (Å²) in [5.74, 6) is 0. The molecule has 0 bridgehead atoms. The largest absolute Gasteiger partial charge is 0.311 e. The van der Waals surface area contributed by atoms with E-state index in [4.69, 9.17) is 0 Å². The maximum absolute atomic E-state index is 4.18. The van der Waals surface area contributed by atoms with Gasteiger partial charge in [0.25, 0.3) is 0 Å². The molecule has 0 amide bonds. The van der Waals surface area contributed by atoms with Crippen LogP contribution in [-0.2, 0) is 20.0 Å². The van der Waals surface area contributed by atoms with Crippen molar-refractivity contribution in [3.63, 3.8) is 0 Å². The topological polar surface area (TPSA) is 29.9 Å². The summed E-state index contributed by atoms with van der Waals surface area (Å²) in [6.45, 7) is 1.92. The minimum atomic E-state index is 0.938. The van der Waals surface area contributed by atoms with Crippen LogP contribution >= 0.6 is 22.7 Å². The molecule has 0 aliphatic carbocycles. The first-order valence-corrected chi connectivity index (χ1v) is 8.38. The van der Waals surface area contributed by atoms with E-state index in [1.54, 1.807) is 11.3 Å². The van der Waals surface area contributed by atoms with Gasteiger partial charge in [0.1, 0.15) is 0 Å². The second-order valence-electron chi connectivity index (χ2n) is 4.65. The fraction of sp³-hybridized carbons (Fsp3) is 0.267.